The highest BCUT2D eigenvalue weighted by atomic mass is 16.5. The summed E-state index contributed by atoms with van der Waals surface area (Å²) < 4.78 is 12.2. The number of fused-ring (bicyclic) bond motifs is 5. The van der Waals surface area contributed by atoms with Gasteiger partial charge in [0.15, 0.2) is 0 Å². The van der Waals surface area contributed by atoms with Crippen molar-refractivity contribution in [1.29, 1.82) is 0 Å². The zero-order valence-electron chi connectivity index (χ0n) is 14.4. The molecule has 0 N–H and O–H groups in total. The third kappa shape index (κ3) is 2.30. The molecule has 126 valence electrons. The van der Waals surface area contributed by atoms with Crippen molar-refractivity contribution in [3.63, 3.8) is 0 Å². The van der Waals surface area contributed by atoms with Crippen LogP contribution >= 0.6 is 0 Å². The fourth-order valence-corrected chi connectivity index (χ4v) is 4.23. The molecule has 2 aliphatic heterocycles. The van der Waals surface area contributed by atoms with E-state index >= 15 is 0 Å². The molecule has 2 aromatic carbocycles. The number of benzene rings is 2. The van der Waals surface area contributed by atoms with E-state index in [-0.39, 0.29) is 6.04 Å². The molecule has 1 saturated heterocycles. The van der Waals surface area contributed by atoms with E-state index in [1.54, 1.807) is 0 Å². The van der Waals surface area contributed by atoms with Gasteiger partial charge in [0, 0.05) is 35.3 Å². The van der Waals surface area contributed by atoms with E-state index in [1.165, 1.54) is 22.4 Å². The van der Waals surface area contributed by atoms with Crippen LogP contribution < -0.4 is 4.90 Å². The van der Waals surface area contributed by atoms with Crippen LogP contribution in [0.5, 0.6) is 0 Å². The normalized spacial score (nSPS) is 18.9. The van der Waals surface area contributed by atoms with Crippen LogP contribution in [0.3, 0.4) is 0 Å². The number of anilines is 1. The first-order valence-electron chi connectivity index (χ1n) is 8.93. The minimum atomic E-state index is 0.208. The molecule has 2 aliphatic rings. The van der Waals surface area contributed by atoms with Gasteiger partial charge in [0.2, 0.25) is 0 Å². The topological polar surface area (TPSA) is 25.6 Å². The zero-order valence-corrected chi connectivity index (χ0v) is 14.4. The Labute approximate surface area is 147 Å². The molecule has 25 heavy (non-hydrogen) atoms. The van der Waals surface area contributed by atoms with Crippen LogP contribution in [0.1, 0.15) is 28.5 Å². The minimum absolute atomic E-state index is 0.208. The molecule has 0 bridgehead atoms. The molecule has 3 nitrogen and oxygen atoms in total. The lowest BCUT2D eigenvalue weighted by Gasteiger charge is -2.37. The van der Waals surface area contributed by atoms with Gasteiger partial charge in [-0.05, 0) is 18.6 Å². The van der Waals surface area contributed by atoms with Crippen molar-refractivity contribution < 1.29 is 9.15 Å². The van der Waals surface area contributed by atoms with Gasteiger partial charge in [-0.3, -0.25) is 0 Å². The molecule has 0 spiro atoms. The third-order valence-corrected chi connectivity index (χ3v) is 5.42. The van der Waals surface area contributed by atoms with Gasteiger partial charge in [-0.1, -0.05) is 48.5 Å². The molecule has 1 aromatic heterocycles. The van der Waals surface area contributed by atoms with E-state index < -0.39 is 0 Å². The molecular formula is C22H21NO2. The van der Waals surface area contributed by atoms with E-state index in [0.717, 1.165) is 36.7 Å². The summed E-state index contributed by atoms with van der Waals surface area (Å²) >= 11 is 0. The summed E-state index contributed by atoms with van der Waals surface area (Å²) in [6.45, 7) is 4.49. The predicted molar refractivity (Wildman–Crippen MR) is 99.0 cm³/mol. The highest BCUT2D eigenvalue weighted by Crippen LogP contribution is 2.45. The van der Waals surface area contributed by atoms with Crippen LogP contribution in [0.25, 0.3) is 11.3 Å². The summed E-state index contributed by atoms with van der Waals surface area (Å²) in [4.78, 5) is 2.51. The van der Waals surface area contributed by atoms with Gasteiger partial charge in [0.05, 0.1) is 19.3 Å². The molecule has 0 unspecified atom stereocenters. The van der Waals surface area contributed by atoms with Gasteiger partial charge in [-0.2, -0.15) is 0 Å². The van der Waals surface area contributed by atoms with Crippen molar-refractivity contribution >= 4 is 5.69 Å². The summed E-state index contributed by atoms with van der Waals surface area (Å²) in [5.74, 6) is 2.03. The van der Waals surface area contributed by atoms with E-state index in [9.17, 15) is 0 Å². The lowest BCUT2D eigenvalue weighted by Crippen LogP contribution is -2.39. The number of furan rings is 1. The van der Waals surface area contributed by atoms with E-state index in [4.69, 9.17) is 9.15 Å². The Kier molecular flexibility index (Phi) is 3.42. The second-order valence-corrected chi connectivity index (χ2v) is 6.84. The van der Waals surface area contributed by atoms with Crippen molar-refractivity contribution in [3.8, 4) is 11.3 Å². The second kappa shape index (κ2) is 5.78. The minimum Gasteiger partial charge on any atom is -0.461 e. The maximum absolute atomic E-state index is 6.29. The fraction of sp³-hybridized carbons (Fsp3) is 0.273. The monoisotopic (exact) mass is 331 g/mol. The molecule has 3 heteroatoms. The van der Waals surface area contributed by atoms with Crippen molar-refractivity contribution in [2.45, 2.75) is 19.4 Å². The zero-order chi connectivity index (χ0) is 16.8. The summed E-state index contributed by atoms with van der Waals surface area (Å²) in [7, 11) is 0. The number of nitrogens with zero attached hydrogens (tertiary/aromatic N) is 1. The van der Waals surface area contributed by atoms with E-state index in [2.05, 4.69) is 60.4 Å². The molecule has 0 radical (unpaired) electrons. The van der Waals surface area contributed by atoms with Gasteiger partial charge < -0.3 is 14.1 Å². The standard InChI is InChI=1S/C22H21NO2/c1-15-18-13-17-9-5-6-10-19(17)23-11-12-24-14-20(23)21(18)22(25-15)16-7-3-2-4-8-16/h2-10,20H,11-14H2,1H3/t20-/m0/s1. The Morgan fingerprint density at radius 1 is 1.00 bits per heavy atom. The first kappa shape index (κ1) is 14.8. The van der Waals surface area contributed by atoms with Gasteiger partial charge in [0.25, 0.3) is 0 Å². The summed E-state index contributed by atoms with van der Waals surface area (Å²) in [5.41, 5.74) is 6.48. The van der Waals surface area contributed by atoms with Crippen LogP contribution in [0.4, 0.5) is 5.69 Å². The highest BCUT2D eigenvalue weighted by molar-refractivity contribution is 5.70. The van der Waals surface area contributed by atoms with Crippen LogP contribution in [0.2, 0.25) is 0 Å². The van der Waals surface area contributed by atoms with Gasteiger partial charge in [0.1, 0.15) is 11.5 Å². The fourth-order valence-electron chi connectivity index (χ4n) is 4.23. The summed E-state index contributed by atoms with van der Waals surface area (Å²) in [6, 6.07) is 19.4. The smallest absolute Gasteiger partial charge is 0.139 e. The summed E-state index contributed by atoms with van der Waals surface area (Å²) in [5, 5.41) is 0. The number of hydrogen-bond donors (Lipinski definition) is 0. The Hall–Kier alpha value is -2.52. The molecule has 0 aliphatic carbocycles. The Balaban J connectivity index is 1.75. The average molecular weight is 331 g/mol. The first-order valence-corrected chi connectivity index (χ1v) is 8.93. The second-order valence-electron chi connectivity index (χ2n) is 6.84. The first-order chi connectivity index (χ1) is 12.3. The van der Waals surface area contributed by atoms with E-state index in [0.29, 0.717) is 6.61 Å². The molecule has 5 rings (SSSR count). The number of aryl methyl sites for hydroxylation is 1. The molecule has 3 heterocycles. The number of morpholine rings is 1. The van der Waals surface area contributed by atoms with E-state index in [1.807, 2.05) is 6.07 Å². The van der Waals surface area contributed by atoms with Gasteiger partial charge >= 0.3 is 0 Å². The summed E-state index contributed by atoms with van der Waals surface area (Å²) in [6.07, 6.45) is 0.917. The van der Waals surface area contributed by atoms with Crippen molar-refractivity contribution in [2.75, 3.05) is 24.7 Å². The maximum atomic E-state index is 6.29. The van der Waals surface area contributed by atoms with Crippen molar-refractivity contribution in [3.05, 3.63) is 77.0 Å². The highest BCUT2D eigenvalue weighted by Gasteiger charge is 2.36. The molecule has 0 saturated carbocycles. The maximum Gasteiger partial charge on any atom is 0.139 e. The van der Waals surface area contributed by atoms with Crippen LogP contribution in [-0.4, -0.2) is 19.8 Å². The molecule has 1 fully saturated rings. The largest absolute Gasteiger partial charge is 0.461 e. The predicted octanol–water partition coefficient (Wildman–Crippen LogP) is 4.74. The Bertz CT molecular complexity index is 913. The Morgan fingerprint density at radius 2 is 1.80 bits per heavy atom. The molecule has 3 aromatic rings. The lowest BCUT2D eigenvalue weighted by atomic mass is 9.95. The number of rotatable bonds is 1. The lowest BCUT2D eigenvalue weighted by molar-refractivity contribution is 0.0942. The number of hydrogen-bond acceptors (Lipinski definition) is 3. The van der Waals surface area contributed by atoms with Crippen LogP contribution in [0, 0.1) is 6.92 Å². The molecular weight excluding hydrogens is 310 g/mol. The average Bonchev–Trinajstić information content (AvgIpc) is 2.91. The van der Waals surface area contributed by atoms with Gasteiger partial charge in [-0.25, -0.2) is 0 Å². The molecule has 1 atom stereocenters. The number of ether oxygens (including phenoxy) is 1. The number of para-hydroxylation sites is 1. The SMILES string of the molecule is Cc1oc(-c2ccccc2)c2c1Cc1ccccc1N1CCOC[C@@H]21. The Morgan fingerprint density at radius 3 is 2.68 bits per heavy atom. The third-order valence-electron chi connectivity index (χ3n) is 5.42. The molecule has 0 amide bonds. The quantitative estimate of drug-likeness (QED) is 0.644. The van der Waals surface area contributed by atoms with Gasteiger partial charge in [-0.15, -0.1) is 0 Å². The van der Waals surface area contributed by atoms with Crippen molar-refractivity contribution in [2.24, 2.45) is 0 Å². The van der Waals surface area contributed by atoms with Crippen molar-refractivity contribution in [1.82, 2.24) is 0 Å². The van der Waals surface area contributed by atoms with Crippen LogP contribution in [-0.2, 0) is 11.2 Å². The van der Waals surface area contributed by atoms with Crippen LogP contribution in [0.15, 0.2) is 59.0 Å².